The van der Waals surface area contributed by atoms with Crippen molar-refractivity contribution < 1.29 is 18.3 Å². The van der Waals surface area contributed by atoms with Crippen LogP contribution < -0.4 is 4.72 Å². The van der Waals surface area contributed by atoms with Gasteiger partial charge >= 0.3 is 5.97 Å². The number of hydrogen-bond acceptors (Lipinski definition) is 5. The van der Waals surface area contributed by atoms with Crippen molar-refractivity contribution in [2.45, 2.75) is 4.21 Å². The van der Waals surface area contributed by atoms with E-state index < -0.39 is 16.0 Å². The van der Waals surface area contributed by atoms with E-state index in [1.165, 1.54) is 30.6 Å². The van der Waals surface area contributed by atoms with Gasteiger partial charge < -0.3 is 5.11 Å². The van der Waals surface area contributed by atoms with E-state index in [0.717, 1.165) is 0 Å². The third-order valence-corrected chi connectivity index (χ3v) is 5.33. The highest BCUT2D eigenvalue weighted by atomic mass is 35.5. The molecule has 0 unspecified atom stereocenters. The van der Waals surface area contributed by atoms with Crippen LogP contribution in [0.2, 0.25) is 5.02 Å². The van der Waals surface area contributed by atoms with E-state index in [1.807, 2.05) is 0 Å². The summed E-state index contributed by atoms with van der Waals surface area (Å²) in [5.74, 6) is -1.18. The van der Waals surface area contributed by atoms with Crippen molar-refractivity contribution in [1.29, 1.82) is 0 Å². The third kappa shape index (κ3) is 3.03. The van der Waals surface area contributed by atoms with E-state index >= 15 is 0 Å². The highest BCUT2D eigenvalue weighted by Crippen LogP contribution is 2.26. The van der Waals surface area contributed by atoms with Crippen LogP contribution in [0.15, 0.2) is 34.8 Å². The van der Waals surface area contributed by atoms with Crippen molar-refractivity contribution >= 4 is 44.6 Å². The summed E-state index contributed by atoms with van der Waals surface area (Å²) >= 11 is 6.48. The zero-order valence-electron chi connectivity index (χ0n) is 9.20. The molecule has 0 aliphatic carbocycles. The van der Waals surface area contributed by atoms with E-state index in [9.17, 15) is 13.2 Å². The van der Waals surface area contributed by atoms with Gasteiger partial charge in [-0.25, -0.2) is 13.2 Å². The molecule has 0 saturated heterocycles. The summed E-state index contributed by atoms with van der Waals surface area (Å²) in [6.45, 7) is 0. The fourth-order valence-electron chi connectivity index (χ4n) is 1.23. The lowest BCUT2D eigenvalue weighted by molar-refractivity contribution is 0.0702. The molecule has 0 atom stereocenters. The summed E-state index contributed by atoms with van der Waals surface area (Å²) in [6, 6.07) is 3.89. The Morgan fingerprint density at radius 3 is 2.68 bits per heavy atom. The van der Waals surface area contributed by atoms with E-state index in [4.69, 9.17) is 16.7 Å². The molecule has 0 aliphatic rings. The van der Waals surface area contributed by atoms with Crippen LogP contribution in [0.4, 0.5) is 5.69 Å². The molecule has 0 bridgehead atoms. The van der Waals surface area contributed by atoms with Crippen LogP contribution in [0.25, 0.3) is 0 Å². The van der Waals surface area contributed by atoms with Gasteiger partial charge in [0, 0.05) is 6.20 Å². The van der Waals surface area contributed by atoms with Crippen LogP contribution in [-0.4, -0.2) is 24.5 Å². The predicted octanol–water partition coefficient (Wildman–Crippen LogP) is 2.30. The Morgan fingerprint density at radius 1 is 1.37 bits per heavy atom. The molecule has 0 aromatic carbocycles. The minimum atomic E-state index is -3.87. The summed E-state index contributed by atoms with van der Waals surface area (Å²) in [6.07, 6.45) is 2.69. The summed E-state index contributed by atoms with van der Waals surface area (Å²) in [5.41, 5.74) is 0.134. The first-order valence-electron chi connectivity index (χ1n) is 4.85. The summed E-state index contributed by atoms with van der Waals surface area (Å²) < 4.78 is 26.2. The number of rotatable bonds is 4. The SMILES string of the molecule is O=C(O)c1ccc(S(=O)(=O)Nc2cnccc2Cl)s1. The second kappa shape index (κ2) is 5.16. The maximum Gasteiger partial charge on any atom is 0.345 e. The van der Waals surface area contributed by atoms with Gasteiger partial charge in [0.25, 0.3) is 10.0 Å². The number of aromatic carboxylic acids is 1. The van der Waals surface area contributed by atoms with Gasteiger partial charge in [0.15, 0.2) is 0 Å². The van der Waals surface area contributed by atoms with E-state index in [-0.39, 0.29) is 19.8 Å². The Morgan fingerprint density at radius 2 is 2.11 bits per heavy atom. The molecule has 2 rings (SSSR count). The highest BCUT2D eigenvalue weighted by Gasteiger charge is 2.20. The molecule has 2 heterocycles. The molecule has 9 heteroatoms. The third-order valence-electron chi connectivity index (χ3n) is 2.07. The number of anilines is 1. The number of hydrogen-bond donors (Lipinski definition) is 2. The van der Waals surface area contributed by atoms with E-state index in [2.05, 4.69) is 9.71 Å². The van der Waals surface area contributed by atoms with Crippen LogP contribution in [0, 0.1) is 0 Å². The Kier molecular flexibility index (Phi) is 3.74. The average molecular weight is 319 g/mol. The zero-order valence-corrected chi connectivity index (χ0v) is 11.6. The minimum Gasteiger partial charge on any atom is -0.477 e. The van der Waals surface area contributed by atoms with Gasteiger partial charge in [0.2, 0.25) is 0 Å². The Labute approximate surface area is 117 Å². The predicted molar refractivity (Wildman–Crippen MR) is 71.3 cm³/mol. The second-order valence-electron chi connectivity index (χ2n) is 3.38. The first kappa shape index (κ1) is 13.8. The van der Waals surface area contributed by atoms with Crippen molar-refractivity contribution in [3.63, 3.8) is 0 Å². The molecule has 0 fully saturated rings. The number of nitrogens with zero attached hydrogens (tertiary/aromatic N) is 1. The number of pyridine rings is 1. The number of halogens is 1. The Bertz CT molecular complexity index is 727. The molecule has 2 aromatic rings. The van der Waals surface area contributed by atoms with E-state index in [1.54, 1.807) is 0 Å². The van der Waals surface area contributed by atoms with Crippen LogP contribution in [0.5, 0.6) is 0 Å². The molecular formula is C10H7ClN2O4S2. The molecule has 0 amide bonds. The second-order valence-corrected chi connectivity index (χ2v) is 6.79. The fraction of sp³-hybridized carbons (Fsp3) is 0. The van der Waals surface area contributed by atoms with Crippen LogP contribution in [0.1, 0.15) is 9.67 Å². The molecule has 100 valence electrons. The number of nitrogens with one attached hydrogen (secondary N) is 1. The highest BCUT2D eigenvalue weighted by molar-refractivity contribution is 7.94. The normalized spacial score (nSPS) is 11.2. The van der Waals surface area contributed by atoms with Gasteiger partial charge in [-0.05, 0) is 18.2 Å². The van der Waals surface area contributed by atoms with Crippen LogP contribution >= 0.6 is 22.9 Å². The van der Waals surface area contributed by atoms with Crippen molar-refractivity contribution in [3.05, 3.63) is 40.5 Å². The number of carboxylic acids is 1. The van der Waals surface area contributed by atoms with Gasteiger partial charge in [-0.1, -0.05) is 11.6 Å². The standard InChI is InChI=1S/C10H7ClN2O4S2/c11-6-3-4-12-5-7(6)13-19(16,17)9-2-1-8(18-9)10(14)15/h1-5,13H,(H,14,15). The van der Waals surface area contributed by atoms with Crippen molar-refractivity contribution in [3.8, 4) is 0 Å². The molecule has 2 N–H and O–H groups in total. The quantitative estimate of drug-likeness (QED) is 0.901. The Balaban J connectivity index is 2.32. The summed E-state index contributed by atoms with van der Waals surface area (Å²) in [5, 5.41) is 8.96. The maximum atomic E-state index is 12.0. The first-order chi connectivity index (χ1) is 8.90. The van der Waals surface area contributed by atoms with Gasteiger partial charge in [-0.2, -0.15) is 0 Å². The molecule has 0 radical (unpaired) electrons. The topological polar surface area (TPSA) is 96.4 Å². The molecular weight excluding hydrogens is 312 g/mol. The number of aromatic nitrogens is 1. The zero-order chi connectivity index (χ0) is 14.0. The average Bonchev–Trinajstić information content (AvgIpc) is 2.82. The van der Waals surface area contributed by atoms with Gasteiger partial charge in [0.1, 0.15) is 9.09 Å². The van der Waals surface area contributed by atoms with Gasteiger partial charge in [-0.15, -0.1) is 11.3 Å². The minimum absolute atomic E-state index is 0.0577. The largest absolute Gasteiger partial charge is 0.477 e. The monoisotopic (exact) mass is 318 g/mol. The van der Waals surface area contributed by atoms with Gasteiger partial charge in [-0.3, -0.25) is 9.71 Å². The van der Waals surface area contributed by atoms with Crippen LogP contribution in [0.3, 0.4) is 0 Å². The Hall–Kier alpha value is -1.64. The molecule has 0 saturated carbocycles. The number of sulfonamides is 1. The van der Waals surface area contributed by atoms with Crippen molar-refractivity contribution in [2.75, 3.05) is 4.72 Å². The fourth-order valence-corrected chi connectivity index (χ4v) is 3.64. The lowest BCUT2D eigenvalue weighted by Gasteiger charge is -2.06. The molecule has 6 nitrogen and oxygen atoms in total. The first-order valence-corrected chi connectivity index (χ1v) is 7.53. The van der Waals surface area contributed by atoms with E-state index in [0.29, 0.717) is 11.3 Å². The summed E-state index contributed by atoms with van der Waals surface area (Å²) in [4.78, 5) is 14.4. The lowest BCUT2D eigenvalue weighted by atomic mass is 10.4. The van der Waals surface area contributed by atoms with Crippen molar-refractivity contribution in [1.82, 2.24) is 4.98 Å². The van der Waals surface area contributed by atoms with Gasteiger partial charge in [0.05, 0.1) is 16.9 Å². The number of carbonyl (C=O) groups is 1. The van der Waals surface area contributed by atoms with Crippen molar-refractivity contribution in [2.24, 2.45) is 0 Å². The molecule has 0 spiro atoms. The van der Waals surface area contributed by atoms with Crippen LogP contribution in [-0.2, 0) is 10.0 Å². The molecule has 0 aliphatic heterocycles. The molecule has 19 heavy (non-hydrogen) atoms. The number of thiophene rings is 1. The smallest absolute Gasteiger partial charge is 0.345 e. The molecule has 2 aromatic heterocycles. The number of carboxylic acid groups (broad SMARTS) is 1. The summed E-state index contributed by atoms with van der Waals surface area (Å²) in [7, 11) is -3.87. The maximum absolute atomic E-state index is 12.0. The lowest BCUT2D eigenvalue weighted by Crippen LogP contribution is -2.11.